The van der Waals surface area contributed by atoms with Crippen molar-refractivity contribution in [3.05, 3.63) is 78.4 Å². The molecule has 0 aliphatic heterocycles. The third kappa shape index (κ3) is 2.76. The van der Waals surface area contributed by atoms with Gasteiger partial charge < -0.3 is 10.5 Å². The number of benzene rings is 3. The molecule has 3 heteroatoms. The second-order valence-electron chi connectivity index (χ2n) is 5.80. The van der Waals surface area contributed by atoms with Crippen molar-refractivity contribution in [3.8, 4) is 5.75 Å². The molecule has 4 rings (SSSR count). The van der Waals surface area contributed by atoms with Gasteiger partial charge in [0.05, 0.1) is 12.1 Å². The van der Waals surface area contributed by atoms with E-state index in [1.54, 1.807) is 0 Å². The van der Waals surface area contributed by atoms with Crippen LogP contribution in [0.15, 0.2) is 72.8 Å². The first-order valence-electron chi connectivity index (χ1n) is 8.06. The zero-order valence-electron chi connectivity index (χ0n) is 13.3. The van der Waals surface area contributed by atoms with Crippen LogP contribution in [0, 0.1) is 0 Å². The van der Waals surface area contributed by atoms with Crippen molar-refractivity contribution in [2.24, 2.45) is 0 Å². The van der Waals surface area contributed by atoms with Crippen molar-refractivity contribution in [1.29, 1.82) is 0 Å². The molecule has 1 aromatic heterocycles. The highest BCUT2D eigenvalue weighted by atomic mass is 16.5. The molecule has 0 unspecified atom stereocenters. The fourth-order valence-corrected chi connectivity index (χ4v) is 3.01. The van der Waals surface area contributed by atoms with Crippen LogP contribution in [0.25, 0.3) is 21.7 Å². The molecule has 1 heterocycles. The Morgan fingerprint density at radius 3 is 2.50 bits per heavy atom. The Kier molecular flexibility index (Phi) is 3.75. The largest absolute Gasteiger partial charge is 0.489 e. The van der Waals surface area contributed by atoms with Crippen LogP contribution >= 0.6 is 0 Å². The number of nitrogen functional groups attached to an aromatic ring is 1. The van der Waals surface area contributed by atoms with Crippen molar-refractivity contribution in [1.82, 2.24) is 4.98 Å². The average molecular weight is 314 g/mol. The lowest BCUT2D eigenvalue weighted by Crippen LogP contribution is -2.05. The molecule has 4 aromatic rings. The highest BCUT2D eigenvalue weighted by Gasteiger charge is 2.06. The first kappa shape index (κ1) is 14.5. The van der Waals surface area contributed by atoms with Crippen LogP contribution in [0.2, 0.25) is 0 Å². The Hall–Kier alpha value is -3.07. The van der Waals surface area contributed by atoms with Crippen molar-refractivity contribution >= 4 is 27.5 Å². The van der Waals surface area contributed by atoms with Crippen molar-refractivity contribution < 1.29 is 4.74 Å². The molecule has 0 radical (unpaired) electrons. The van der Waals surface area contributed by atoms with Crippen molar-refractivity contribution in [3.63, 3.8) is 0 Å². The second-order valence-corrected chi connectivity index (χ2v) is 5.80. The molecule has 0 aliphatic carbocycles. The minimum Gasteiger partial charge on any atom is -0.489 e. The molecule has 0 aliphatic rings. The molecule has 3 nitrogen and oxygen atoms in total. The number of hydrogen-bond donors (Lipinski definition) is 1. The second kappa shape index (κ2) is 6.20. The lowest BCUT2D eigenvalue weighted by Gasteiger charge is -2.11. The number of hydrogen-bond acceptors (Lipinski definition) is 3. The summed E-state index contributed by atoms with van der Waals surface area (Å²) in [5.41, 5.74) is 8.18. The van der Waals surface area contributed by atoms with Crippen LogP contribution in [0.3, 0.4) is 0 Å². The quantitative estimate of drug-likeness (QED) is 0.599. The Bertz CT molecular complexity index is 1010. The van der Waals surface area contributed by atoms with Crippen LogP contribution in [-0.4, -0.2) is 11.6 Å². The van der Waals surface area contributed by atoms with Gasteiger partial charge in [0, 0.05) is 11.8 Å². The number of rotatable bonds is 4. The van der Waals surface area contributed by atoms with Crippen molar-refractivity contribution in [2.45, 2.75) is 6.42 Å². The number of ether oxygens (including phenoxy) is 1. The molecule has 0 saturated carbocycles. The van der Waals surface area contributed by atoms with E-state index in [2.05, 4.69) is 47.4 Å². The maximum Gasteiger partial charge on any atom is 0.166 e. The van der Waals surface area contributed by atoms with Gasteiger partial charge in [0.2, 0.25) is 0 Å². The Morgan fingerprint density at radius 1 is 0.833 bits per heavy atom. The third-order valence-electron chi connectivity index (χ3n) is 4.23. The lowest BCUT2D eigenvalue weighted by atomic mass is 10.0. The van der Waals surface area contributed by atoms with E-state index in [9.17, 15) is 0 Å². The number of anilines is 1. The van der Waals surface area contributed by atoms with E-state index >= 15 is 0 Å². The van der Waals surface area contributed by atoms with Gasteiger partial charge in [-0.15, -0.1) is 0 Å². The minimum atomic E-state index is 0.437. The standard InChI is InChI=1S/C21H18N2O/c22-21-20(14-17-7-2-4-11-19(17)23-21)24-13-12-16-9-5-8-15-6-1-3-10-18(15)16/h1-11,14H,12-13H2,(H2,22,23). The first-order chi connectivity index (χ1) is 11.8. The fraction of sp³-hybridized carbons (Fsp3) is 0.0952. The van der Waals surface area contributed by atoms with Gasteiger partial charge in [0.1, 0.15) is 0 Å². The lowest BCUT2D eigenvalue weighted by molar-refractivity contribution is 0.323. The highest BCUT2D eigenvalue weighted by Crippen LogP contribution is 2.25. The maximum atomic E-state index is 6.02. The predicted molar refractivity (Wildman–Crippen MR) is 99.3 cm³/mol. The number of fused-ring (bicyclic) bond motifs is 2. The van der Waals surface area contributed by atoms with E-state index in [1.807, 2.05) is 30.3 Å². The molecule has 0 atom stereocenters. The molecule has 0 bridgehead atoms. The van der Waals surface area contributed by atoms with Gasteiger partial charge in [-0.05, 0) is 28.5 Å². The summed E-state index contributed by atoms with van der Waals surface area (Å²) in [6.45, 7) is 0.568. The number of aromatic nitrogens is 1. The Morgan fingerprint density at radius 2 is 1.58 bits per heavy atom. The zero-order valence-corrected chi connectivity index (χ0v) is 13.3. The summed E-state index contributed by atoms with van der Waals surface area (Å²) in [6, 6.07) is 24.6. The molecular weight excluding hydrogens is 296 g/mol. The summed E-state index contributed by atoms with van der Waals surface area (Å²) in [5, 5.41) is 3.56. The van der Waals surface area contributed by atoms with E-state index in [0.717, 1.165) is 17.3 Å². The van der Waals surface area contributed by atoms with Crippen LogP contribution < -0.4 is 10.5 Å². The minimum absolute atomic E-state index is 0.437. The fourth-order valence-electron chi connectivity index (χ4n) is 3.01. The van der Waals surface area contributed by atoms with Crippen LogP contribution in [0.1, 0.15) is 5.56 Å². The molecule has 118 valence electrons. The summed E-state index contributed by atoms with van der Waals surface area (Å²) < 4.78 is 5.91. The predicted octanol–water partition coefficient (Wildman–Crippen LogP) is 4.59. The van der Waals surface area contributed by atoms with Gasteiger partial charge in [-0.3, -0.25) is 0 Å². The summed E-state index contributed by atoms with van der Waals surface area (Å²) >= 11 is 0. The van der Waals surface area contributed by atoms with Crippen LogP contribution in [0.5, 0.6) is 5.75 Å². The van der Waals surface area contributed by atoms with E-state index in [0.29, 0.717) is 18.2 Å². The summed E-state index contributed by atoms with van der Waals surface area (Å²) in [5.74, 6) is 1.08. The molecule has 24 heavy (non-hydrogen) atoms. The van der Waals surface area contributed by atoms with E-state index in [1.165, 1.54) is 16.3 Å². The number of pyridine rings is 1. The van der Waals surface area contributed by atoms with Crippen molar-refractivity contribution in [2.75, 3.05) is 12.3 Å². The van der Waals surface area contributed by atoms with Gasteiger partial charge in [-0.2, -0.15) is 0 Å². The average Bonchev–Trinajstić information content (AvgIpc) is 2.62. The third-order valence-corrected chi connectivity index (χ3v) is 4.23. The molecule has 2 N–H and O–H groups in total. The summed E-state index contributed by atoms with van der Waals surface area (Å²) in [6.07, 6.45) is 0.827. The topological polar surface area (TPSA) is 48.1 Å². The van der Waals surface area contributed by atoms with Gasteiger partial charge >= 0.3 is 0 Å². The van der Waals surface area contributed by atoms with Crippen LogP contribution in [0.4, 0.5) is 5.82 Å². The van der Waals surface area contributed by atoms with Crippen LogP contribution in [-0.2, 0) is 6.42 Å². The molecule has 0 spiro atoms. The molecular formula is C21H18N2O. The normalized spacial score (nSPS) is 11.0. The van der Waals surface area contributed by atoms with E-state index < -0.39 is 0 Å². The van der Waals surface area contributed by atoms with Gasteiger partial charge in [-0.1, -0.05) is 60.7 Å². The molecule has 0 amide bonds. The molecule has 0 saturated heterocycles. The number of nitrogens with two attached hydrogens (primary N) is 1. The SMILES string of the molecule is Nc1nc2ccccc2cc1OCCc1cccc2ccccc12. The van der Waals surface area contributed by atoms with E-state index in [-0.39, 0.29) is 0 Å². The van der Waals surface area contributed by atoms with Gasteiger partial charge in [0.15, 0.2) is 11.6 Å². The highest BCUT2D eigenvalue weighted by molar-refractivity contribution is 5.85. The zero-order chi connectivity index (χ0) is 16.4. The Labute approximate surface area is 140 Å². The molecule has 0 fully saturated rings. The Balaban J connectivity index is 1.54. The number of nitrogens with zero attached hydrogens (tertiary/aromatic N) is 1. The number of para-hydroxylation sites is 1. The van der Waals surface area contributed by atoms with E-state index in [4.69, 9.17) is 10.5 Å². The molecule has 3 aromatic carbocycles. The first-order valence-corrected chi connectivity index (χ1v) is 8.06. The monoisotopic (exact) mass is 314 g/mol. The van der Waals surface area contributed by atoms with Gasteiger partial charge in [-0.25, -0.2) is 4.98 Å². The smallest absolute Gasteiger partial charge is 0.166 e. The summed E-state index contributed by atoms with van der Waals surface area (Å²) in [7, 11) is 0. The summed E-state index contributed by atoms with van der Waals surface area (Å²) in [4.78, 5) is 4.40. The van der Waals surface area contributed by atoms with Gasteiger partial charge in [0.25, 0.3) is 0 Å². The maximum absolute atomic E-state index is 6.02.